The molecule has 2 aromatic carbocycles. The molecule has 3 rings (SSSR count). The number of rotatable bonds is 7. The summed E-state index contributed by atoms with van der Waals surface area (Å²) in [7, 11) is 0. The van der Waals surface area contributed by atoms with Crippen molar-refractivity contribution in [3.05, 3.63) is 84.4 Å². The lowest BCUT2D eigenvalue weighted by atomic mass is 10.1. The molecular weight excluding hydrogens is 317 g/mol. The zero-order chi connectivity index (χ0) is 17.5. The maximum Gasteiger partial charge on any atom is 0.144 e. The van der Waals surface area contributed by atoms with Crippen LogP contribution in [0.2, 0.25) is 0 Å². The van der Waals surface area contributed by atoms with Crippen LogP contribution in [0.25, 0.3) is 11.1 Å². The number of nitrogens with zero attached hydrogens (tertiary/aromatic N) is 1. The van der Waals surface area contributed by atoms with E-state index in [0.717, 1.165) is 11.1 Å². The molecule has 1 unspecified atom stereocenters. The Hall–Kier alpha value is -2.72. The number of hydrogen-bond acceptors (Lipinski definition) is 3. The maximum atomic E-state index is 13.5. The van der Waals surface area contributed by atoms with E-state index in [-0.39, 0.29) is 12.4 Å². The molecule has 1 heterocycles. The number of halogens is 1. The molecular formula is C21H20FNO2. The first-order valence-corrected chi connectivity index (χ1v) is 8.27. The average Bonchev–Trinajstić information content (AvgIpc) is 2.67. The van der Waals surface area contributed by atoms with Crippen molar-refractivity contribution in [3.8, 4) is 16.9 Å². The van der Waals surface area contributed by atoms with Crippen LogP contribution >= 0.6 is 0 Å². The van der Waals surface area contributed by atoms with Gasteiger partial charge in [-0.2, -0.15) is 0 Å². The summed E-state index contributed by atoms with van der Waals surface area (Å²) in [5, 5.41) is 10.0. The number of ether oxygens (including phenoxy) is 1. The molecule has 1 N–H and O–H groups in total. The van der Waals surface area contributed by atoms with Gasteiger partial charge < -0.3 is 9.84 Å². The van der Waals surface area contributed by atoms with Gasteiger partial charge in [-0.25, -0.2) is 4.39 Å². The molecule has 0 aliphatic carbocycles. The fourth-order valence-electron chi connectivity index (χ4n) is 2.58. The number of aliphatic hydroxyl groups excluding tert-OH is 1. The van der Waals surface area contributed by atoms with Gasteiger partial charge in [0, 0.05) is 6.20 Å². The fraction of sp³-hybridized carbons (Fsp3) is 0.190. The van der Waals surface area contributed by atoms with Crippen LogP contribution in [0.4, 0.5) is 4.39 Å². The van der Waals surface area contributed by atoms with E-state index in [0.29, 0.717) is 24.2 Å². The van der Waals surface area contributed by atoms with Gasteiger partial charge in [0.15, 0.2) is 0 Å². The van der Waals surface area contributed by atoms with Gasteiger partial charge >= 0.3 is 0 Å². The van der Waals surface area contributed by atoms with Crippen molar-refractivity contribution in [3.63, 3.8) is 0 Å². The van der Waals surface area contributed by atoms with E-state index in [2.05, 4.69) is 17.1 Å². The van der Waals surface area contributed by atoms with Crippen LogP contribution in [0.5, 0.6) is 5.75 Å². The molecule has 3 aromatic rings. The van der Waals surface area contributed by atoms with E-state index < -0.39 is 6.10 Å². The zero-order valence-electron chi connectivity index (χ0n) is 13.8. The second kappa shape index (κ2) is 8.40. The summed E-state index contributed by atoms with van der Waals surface area (Å²) >= 11 is 0. The Morgan fingerprint density at radius 3 is 2.40 bits per heavy atom. The summed E-state index contributed by atoms with van der Waals surface area (Å²) in [6, 6.07) is 19.5. The number of aliphatic hydroxyl groups is 1. The summed E-state index contributed by atoms with van der Waals surface area (Å²) in [5.41, 5.74) is 2.82. The monoisotopic (exact) mass is 337 g/mol. The molecule has 0 fully saturated rings. The van der Waals surface area contributed by atoms with Crippen LogP contribution in [-0.2, 0) is 6.42 Å². The number of pyridine rings is 1. The van der Waals surface area contributed by atoms with Gasteiger partial charge in [-0.3, -0.25) is 4.98 Å². The van der Waals surface area contributed by atoms with Crippen molar-refractivity contribution in [1.82, 2.24) is 4.98 Å². The van der Waals surface area contributed by atoms with Gasteiger partial charge in [-0.15, -0.1) is 0 Å². The quantitative estimate of drug-likeness (QED) is 0.700. The van der Waals surface area contributed by atoms with Crippen LogP contribution in [0.15, 0.2) is 73.1 Å². The number of benzene rings is 2. The Bertz CT molecular complexity index is 791. The largest absolute Gasteiger partial charge is 0.491 e. The standard InChI is InChI=1S/C21H20FNO2/c22-21-14-23-13-12-18(21)6-9-19(24)15-25-20-10-7-17(8-11-20)16-4-2-1-3-5-16/h1-5,7-8,10-14,19,24H,6,9,15H2. The van der Waals surface area contributed by atoms with Gasteiger partial charge in [0.25, 0.3) is 0 Å². The SMILES string of the molecule is OC(CCc1ccncc1F)COc1ccc(-c2ccccc2)cc1. The zero-order valence-corrected chi connectivity index (χ0v) is 13.8. The van der Waals surface area contributed by atoms with E-state index in [4.69, 9.17) is 4.74 Å². The van der Waals surface area contributed by atoms with Gasteiger partial charge in [0.05, 0.1) is 12.3 Å². The maximum absolute atomic E-state index is 13.5. The molecule has 0 radical (unpaired) electrons. The van der Waals surface area contributed by atoms with Crippen molar-refractivity contribution in [2.75, 3.05) is 6.61 Å². The summed E-state index contributed by atoms with van der Waals surface area (Å²) < 4.78 is 19.1. The third-order valence-electron chi connectivity index (χ3n) is 4.01. The molecule has 4 heteroatoms. The van der Waals surface area contributed by atoms with Crippen LogP contribution < -0.4 is 4.74 Å². The Balaban J connectivity index is 1.49. The number of hydrogen-bond donors (Lipinski definition) is 1. The predicted molar refractivity (Wildman–Crippen MR) is 95.9 cm³/mol. The molecule has 0 saturated carbocycles. The smallest absolute Gasteiger partial charge is 0.144 e. The van der Waals surface area contributed by atoms with Crippen LogP contribution in [0, 0.1) is 5.82 Å². The Morgan fingerprint density at radius 2 is 1.68 bits per heavy atom. The van der Waals surface area contributed by atoms with Crippen molar-refractivity contribution in [1.29, 1.82) is 0 Å². The average molecular weight is 337 g/mol. The third kappa shape index (κ3) is 4.88. The molecule has 1 atom stereocenters. The minimum atomic E-state index is -0.652. The van der Waals surface area contributed by atoms with Crippen molar-refractivity contribution in [2.45, 2.75) is 18.9 Å². The highest BCUT2D eigenvalue weighted by atomic mass is 19.1. The second-order valence-corrected chi connectivity index (χ2v) is 5.86. The highest BCUT2D eigenvalue weighted by Gasteiger charge is 2.08. The van der Waals surface area contributed by atoms with E-state index in [1.165, 1.54) is 6.20 Å². The first kappa shape index (κ1) is 17.1. The van der Waals surface area contributed by atoms with Gasteiger partial charge in [-0.1, -0.05) is 42.5 Å². The third-order valence-corrected chi connectivity index (χ3v) is 4.01. The summed E-state index contributed by atoms with van der Waals surface area (Å²) in [5.74, 6) is 0.362. The van der Waals surface area contributed by atoms with E-state index >= 15 is 0 Å². The lowest BCUT2D eigenvalue weighted by Gasteiger charge is -2.13. The first-order valence-electron chi connectivity index (χ1n) is 8.27. The van der Waals surface area contributed by atoms with Crippen LogP contribution in [-0.4, -0.2) is 22.8 Å². The Kier molecular flexibility index (Phi) is 5.75. The lowest BCUT2D eigenvalue weighted by molar-refractivity contribution is 0.100. The minimum Gasteiger partial charge on any atom is -0.491 e. The molecule has 25 heavy (non-hydrogen) atoms. The molecule has 0 aliphatic rings. The van der Waals surface area contributed by atoms with Crippen molar-refractivity contribution >= 4 is 0 Å². The number of aromatic nitrogens is 1. The normalized spacial score (nSPS) is 11.9. The van der Waals surface area contributed by atoms with Crippen LogP contribution in [0.3, 0.4) is 0 Å². The van der Waals surface area contributed by atoms with E-state index in [1.807, 2.05) is 42.5 Å². The number of aryl methyl sites for hydroxylation is 1. The van der Waals surface area contributed by atoms with Crippen molar-refractivity contribution < 1.29 is 14.2 Å². The van der Waals surface area contributed by atoms with Gasteiger partial charge in [0.1, 0.15) is 18.2 Å². The molecule has 0 spiro atoms. The van der Waals surface area contributed by atoms with Gasteiger partial charge in [-0.05, 0) is 47.7 Å². The summed E-state index contributed by atoms with van der Waals surface area (Å²) in [6.07, 6.45) is 2.97. The molecule has 128 valence electrons. The highest BCUT2D eigenvalue weighted by Crippen LogP contribution is 2.22. The molecule has 0 aliphatic heterocycles. The van der Waals surface area contributed by atoms with Gasteiger partial charge in [0.2, 0.25) is 0 Å². The fourth-order valence-corrected chi connectivity index (χ4v) is 2.58. The predicted octanol–water partition coefficient (Wildman–Crippen LogP) is 4.26. The van der Waals surface area contributed by atoms with Crippen molar-refractivity contribution in [2.24, 2.45) is 0 Å². The molecule has 0 bridgehead atoms. The van der Waals surface area contributed by atoms with E-state index in [9.17, 15) is 9.50 Å². The lowest BCUT2D eigenvalue weighted by Crippen LogP contribution is -2.18. The molecule has 0 amide bonds. The topological polar surface area (TPSA) is 42.4 Å². The molecule has 0 saturated heterocycles. The minimum absolute atomic E-state index is 0.178. The Labute approximate surface area is 146 Å². The molecule has 1 aromatic heterocycles. The second-order valence-electron chi connectivity index (χ2n) is 5.86. The van der Waals surface area contributed by atoms with E-state index in [1.54, 1.807) is 12.3 Å². The van der Waals surface area contributed by atoms with Crippen LogP contribution in [0.1, 0.15) is 12.0 Å². The summed E-state index contributed by atoms with van der Waals surface area (Å²) in [4.78, 5) is 3.71. The highest BCUT2D eigenvalue weighted by molar-refractivity contribution is 5.63. The Morgan fingerprint density at radius 1 is 0.960 bits per heavy atom. The first-order chi connectivity index (χ1) is 12.2. The summed E-state index contributed by atoms with van der Waals surface area (Å²) in [6.45, 7) is 0.178. The molecule has 3 nitrogen and oxygen atoms in total.